The molecule has 1 nitrogen and oxygen atoms in total. The van der Waals surface area contributed by atoms with Crippen LogP contribution in [0.1, 0.15) is 34.1 Å². The number of halogens is 1. The Bertz CT molecular complexity index is 122. The molecule has 0 fully saturated rings. The Morgan fingerprint density at radius 2 is 1.90 bits per heavy atom. The fourth-order valence-corrected chi connectivity index (χ4v) is 0.962. The summed E-state index contributed by atoms with van der Waals surface area (Å²) < 4.78 is 0.462. The Morgan fingerprint density at radius 1 is 1.50 bits per heavy atom. The van der Waals surface area contributed by atoms with Crippen molar-refractivity contribution in [3.05, 3.63) is 0 Å². The highest BCUT2D eigenvalue weighted by atomic mass is 127. The van der Waals surface area contributed by atoms with E-state index in [2.05, 4.69) is 29.5 Å². The van der Waals surface area contributed by atoms with Crippen molar-refractivity contribution in [3.63, 3.8) is 0 Å². The molecule has 1 unspecified atom stereocenters. The van der Waals surface area contributed by atoms with Gasteiger partial charge in [0.25, 0.3) is 0 Å². The van der Waals surface area contributed by atoms with E-state index in [0.29, 0.717) is 16.1 Å². The number of ketones is 1. The van der Waals surface area contributed by atoms with E-state index in [-0.39, 0.29) is 5.41 Å². The molecular weight excluding hydrogens is 239 g/mol. The van der Waals surface area contributed by atoms with Gasteiger partial charge in [0.1, 0.15) is 5.78 Å². The molecule has 0 rings (SSSR count). The summed E-state index contributed by atoms with van der Waals surface area (Å²) in [5.41, 5.74) is -0.153. The minimum atomic E-state index is -0.153. The van der Waals surface area contributed by atoms with Crippen molar-refractivity contribution in [2.24, 2.45) is 5.41 Å². The van der Waals surface area contributed by atoms with Gasteiger partial charge in [-0.15, -0.1) is 0 Å². The highest BCUT2D eigenvalue weighted by Crippen LogP contribution is 2.19. The molecule has 0 aromatic heterocycles. The van der Waals surface area contributed by atoms with Crippen molar-refractivity contribution in [1.29, 1.82) is 0 Å². The maximum atomic E-state index is 11.3. The van der Waals surface area contributed by atoms with Gasteiger partial charge in [0.2, 0.25) is 0 Å². The second-order valence-electron chi connectivity index (χ2n) is 3.66. The zero-order chi connectivity index (χ0) is 8.36. The molecule has 1 atom stereocenters. The third-order valence-corrected chi connectivity index (χ3v) is 1.74. The maximum absolute atomic E-state index is 11.3. The minimum absolute atomic E-state index is 0.153. The van der Waals surface area contributed by atoms with Gasteiger partial charge < -0.3 is 0 Å². The molecule has 2 heteroatoms. The van der Waals surface area contributed by atoms with E-state index in [1.807, 2.05) is 20.8 Å². The van der Waals surface area contributed by atoms with E-state index in [1.165, 1.54) is 0 Å². The number of hydrogen-bond acceptors (Lipinski definition) is 1. The van der Waals surface area contributed by atoms with Crippen LogP contribution in [0.4, 0.5) is 0 Å². The van der Waals surface area contributed by atoms with Crippen LogP contribution in [0.25, 0.3) is 0 Å². The summed E-state index contributed by atoms with van der Waals surface area (Å²) in [6.07, 6.45) is 0.698. The number of carbonyl (C=O) groups is 1. The molecule has 60 valence electrons. The number of alkyl halides is 1. The lowest BCUT2D eigenvalue weighted by Gasteiger charge is -2.16. The zero-order valence-corrected chi connectivity index (χ0v) is 9.23. The summed E-state index contributed by atoms with van der Waals surface area (Å²) in [6, 6.07) is 0. The van der Waals surface area contributed by atoms with Gasteiger partial charge in [0, 0.05) is 15.8 Å². The van der Waals surface area contributed by atoms with Crippen LogP contribution < -0.4 is 0 Å². The Hall–Kier alpha value is 0.400. The maximum Gasteiger partial charge on any atom is 0.139 e. The Labute approximate surface area is 76.7 Å². The van der Waals surface area contributed by atoms with Crippen molar-refractivity contribution in [3.8, 4) is 0 Å². The van der Waals surface area contributed by atoms with Crippen LogP contribution in [0.3, 0.4) is 0 Å². The molecule has 0 heterocycles. The first-order valence-corrected chi connectivity index (χ1v) is 4.76. The third-order valence-electron chi connectivity index (χ3n) is 1.30. The van der Waals surface area contributed by atoms with Gasteiger partial charge in [0.15, 0.2) is 0 Å². The quantitative estimate of drug-likeness (QED) is 0.547. The monoisotopic (exact) mass is 254 g/mol. The molecule has 0 saturated carbocycles. The lowest BCUT2D eigenvalue weighted by molar-refractivity contribution is -0.126. The third kappa shape index (κ3) is 4.25. The fraction of sp³-hybridized carbons (Fsp3) is 0.875. The number of carbonyl (C=O) groups excluding carboxylic acids is 1. The van der Waals surface area contributed by atoms with Crippen LogP contribution in [0.5, 0.6) is 0 Å². The molecular formula is C8H15IO. The largest absolute Gasteiger partial charge is 0.299 e. The molecule has 0 saturated heterocycles. The van der Waals surface area contributed by atoms with E-state index in [4.69, 9.17) is 0 Å². The van der Waals surface area contributed by atoms with Gasteiger partial charge in [-0.1, -0.05) is 50.3 Å². The van der Waals surface area contributed by atoms with Gasteiger partial charge in [0.05, 0.1) is 0 Å². The predicted octanol–water partition coefficient (Wildman–Crippen LogP) is 2.82. The average molecular weight is 254 g/mol. The Balaban J connectivity index is 3.87. The second kappa shape index (κ2) is 3.69. The van der Waals surface area contributed by atoms with Gasteiger partial charge in [-0.05, 0) is 0 Å². The van der Waals surface area contributed by atoms with Crippen LogP contribution in [-0.4, -0.2) is 9.71 Å². The average Bonchev–Trinajstić information content (AvgIpc) is 1.60. The number of hydrogen-bond donors (Lipinski definition) is 0. The van der Waals surface area contributed by atoms with Crippen molar-refractivity contribution < 1.29 is 4.79 Å². The van der Waals surface area contributed by atoms with Crippen molar-refractivity contribution in [2.45, 2.75) is 38.0 Å². The van der Waals surface area contributed by atoms with E-state index in [9.17, 15) is 4.79 Å². The predicted molar refractivity (Wildman–Crippen MR) is 52.6 cm³/mol. The minimum Gasteiger partial charge on any atom is -0.299 e. The molecule has 0 aromatic rings. The van der Waals surface area contributed by atoms with Crippen molar-refractivity contribution >= 4 is 28.4 Å². The van der Waals surface area contributed by atoms with Crippen LogP contribution in [0.15, 0.2) is 0 Å². The molecule has 0 aliphatic carbocycles. The van der Waals surface area contributed by atoms with E-state index >= 15 is 0 Å². The highest BCUT2D eigenvalue weighted by Gasteiger charge is 2.21. The zero-order valence-electron chi connectivity index (χ0n) is 7.07. The van der Waals surface area contributed by atoms with E-state index in [1.54, 1.807) is 0 Å². The lowest BCUT2D eigenvalue weighted by Crippen LogP contribution is -2.21. The van der Waals surface area contributed by atoms with Crippen molar-refractivity contribution in [1.82, 2.24) is 0 Å². The fourth-order valence-electron chi connectivity index (χ4n) is 0.562. The van der Waals surface area contributed by atoms with E-state index < -0.39 is 0 Å². The van der Waals surface area contributed by atoms with Crippen LogP contribution in [0, 0.1) is 5.41 Å². The molecule has 0 bridgehead atoms. The van der Waals surface area contributed by atoms with Crippen LogP contribution >= 0.6 is 22.6 Å². The van der Waals surface area contributed by atoms with Gasteiger partial charge in [-0.25, -0.2) is 0 Å². The van der Waals surface area contributed by atoms with Gasteiger partial charge in [-0.3, -0.25) is 4.79 Å². The summed E-state index contributed by atoms with van der Waals surface area (Å²) in [4.78, 5) is 11.3. The summed E-state index contributed by atoms with van der Waals surface area (Å²) in [5.74, 6) is 0.356. The first kappa shape index (κ1) is 10.4. The summed E-state index contributed by atoms with van der Waals surface area (Å²) in [6.45, 7) is 7.96. The topological polar surface area (TPSA) is 17.1 Å². The number of Topliss-reactive ketones (excluding diaryl/α,β-unsaturated/α-hetero) is 1. The molecule has 0 aromatic carbocycles. The second-order valence-corrected chi connectivity index (χ2v) is 5.78. The molecule has 0 amide bonds. The molecule has 10 heavy (non-hydrogen) atoms. The summed E-state index contributed by atoms with van der Waals surface area (Å²) >= 11 is 2.28. The highest BCUT2D eigenvalue weighted by molar-refractivity contribution is 14.1. The normalized spacial score (nSPS) is 14.9. The molecule has 0 N–H and O–H groups in total. The molecule has 0 aliphatic heterocycles. The summed E-state index contributed by atoms with van der Waals surface area (Å²) in [7, 11) is 0. The number of rotatable bonds is 2. The van der Waals surface area contributed by atoms with Crippen LogP contribution in [0.2, 0.25) is 0 Å². The SMILES string of the molecule is CC(I)CC(=O)C(C)(C)C. The molecule has 0 radical (unpaired) electrons. The first-order valence-electron chi connectivity index (χ1n) is 3.51. The standard InChI is InChI=1S/C8H15IO/c1-6(9)5-7(10)8(2,3)4/h6H,5H2,1-4H3. The first-order chi connectivity index (χ1) is 4.34. The smallest absolute Gasteiger partial charge is 0.139 e. The van der Waals surface area contributed by atoms with Gasteiger partial charge in [-0.2, -0.15) is 0 Å². The lowest BCUT2D eigenvalue weighted by atomic mass is 9.88. The molecule has 0 aliphatic rings. The Morgan fingerprint density at radius 3 is 2.00 bits per heavy atom. The van der Waals surface area contributed by atoms with Gasteiger partial charge >= 0.3 is 0 Å². The molecule has 0 spiro atoms. The Kier molecular flexibility index (Phi) is 3.84. The van der Waals surface area contributed by atoms with Crippen molar-refractivity contribution in [2.75, 3.05) is 0 Å². The summed E-state index contributed by atoms with van der Waals surface area (Å²) in [5, 5.41) is 0. The van der Waals surface area contributed by atoms with E-state index in [0.717, 1.165) is 0 Å². The van der Waals surface area contributed by atoms with Crippen LogP contribution in [-0.2, 0) is 4.79 Å².